The zero-order valence-corrected chi connectivity index (χ0v) is 13.5. The van der Waals surface area contributed by atoms with Gasteiger partial charge in [0.05, 0.1) is 6.10 Å². The van der Waals surface area contributed by atoms with Gasteiger partial charge in [0, 0.05) is 36.5 Å². The average Bonchev–Trinajstić information content (AvgIpc) is 2.94. The zero-order valence-electron chi connectivity index (χ0n) is 13.5. The molecule has 2 heterocycles. The molecule has 1 saturated heterocycles. The molecule has 3 rings (SSSR count). The zero-order chi connectivity index (χ0) is 15.7. The number of pyridine rings is 1. The number of benzene rings is 1. The molecule has 1 aliphatic heterocycles. The van der Waals surface area contributed by atoms with Gasteiger partial charge < -0.3 is 9.64 Å². The predicted octanol–water partition coefficient (Wildman–Crippen LogP) is 3.93. The molecular weight excluding hydrogens is 279 g/mol. The molecule has 1 atom stereocenters. The van der Waals surface area contributed by atoms with E-state index in [4.69, 9.17) is 4.74 Å². The highest BCUT2D eigenvalue weighted by molar-refractivity contribution is 5.92. The Balaban J connectivity index is 1.86. The highest BCUT2D eigenvalue weighted by Gasteiger charge is 2.25. The van der Waals surface area contributed by atoms with Crippen molar-refractivity contribution >= 4 is 16.6 Å². The number of halogens is 1. The first-order valence-electron chi connectivity index (χ1n) is 7.97. The van der Waals surface area contributed by atoms with E-state index in [0.29, 0.717) is 11.4 Å². The Kier molecular flexibility index (Phi) is 4.30. The van der Waals surface area contributed by atoms with Crippen molar-refractivity contribution in [3.8, 4) is 0 Å². The van der Waals surface area contributed by atoms with Gasteiger partial charge in [-0.05, 0) is 31.4 Å². The van der Waals surface area contributed by atoms with Crippen molar-refractivity contribution in [3.63, 3.8) is 0 Å². The Bertz CT molecular complexity index is 671. The minimum Gasteiger partial charge on any atom is -0.376 e. The van der Waals surface area contributed by atoms with Crippen LogP contribution < -0.4 is 4.90 Å². The van der Waals surface area contributed by atoms with Crippen LogP contribution in [0.4, 0.5) is 10.1 Å². The summed E-state index contributed by atoms with van der Waals surface area (Å²) in [5.74, 6) is 0.293. The molecule has 2 aromatic rings. The van der Waals surface area contributed by atoms with Gasteiger partial charge in [-0.3, -0.25) is 0 Å². The van der Waals surface area contributed by atoms with Gasteiger partial charge in [-0.1, -0.05) is 26.0 Å². The van der Waals surface area contributed by atoms with E-state index in [1.54, 1.807) is 6.07 Å². The maximum absolute atomic E-state index is 14.0. The number of ether oxygens (including phenoxy) is 1. The summed E-state index contributed by atoms with van der Waals surface area (Å²) < 4.78 is 20.0. The molecule has 0 bridgehead atoms. The SMILES string of the molecule is Cc1cc(N2CCC(OCC(C)C)C2)c2cccc(F)c2n1. The molecule has 118 valence electrons. The van der Waals surface area contributed by atoms with E-state index in [1.165, 1.54) is 6.07 Å². The number of rotatable bonds is 4. The van der Waals surface area contributed by atoms with Crippen LogP contribution in [-0.2, 0) is 4.74 Å². The lowest BCUT2D eigenvalue weighted by Crippen LogP contribution is -2.24. The predicted molar refractivity (Wildman–Crippen MR) is 87.8 cm³/mol. The topological polar surface area (TPSA) is 25.4 Å². The van der Waals surface area contributed by atoms with Gasteiger partial charge in [0.15, 0.2) is 0 Å². The van der Waals surface area contributed by atoms with Crippen molar-refractivity contribution in [2.75, 3.05) is 24.6 Å². The fourth-order valence-corrected chi connectivity index (χ4v) is 2.99. The largest absolute Gasteiger partial charge is 0.376 e. The number of nitrogens with zero attached hydrogens (tertiary/aromatic N) is 2. The molecule has 0 amide bonds. The lowest BCUT2D eigenvalue weighted by molar-refractivity contribution is 0.0497. The summed E-state index contributed by atoms with van der Waals surface area (Å²) in [6.07, 6.45) is 1.28. The number of hydrogen-bond donors (Lipinski definition) is 0. The van der Waals surface area contributed by atoms with E-state index < -0.39 is 0 Å². The summed E-state index contributed by atoms with van der Waals surface area (Å²) in [6.45, 7) is 8.84. The monoisotopic (exact) mass is 302 g/mol. The minimum atomic E-state index is -0.255. The Morgan fingerprint density at radius 2 is 2.23 bits per heavy atom. The van der Waals surface area contributed by atoms with Crippen LogP contribution in [0.2, 0.25) is 0 Å². The molecule has 1 aromatic carbocycles. The van der Waals surface area contributed by atoms with E-state index in [-0.39, 0.29) is 11.9 Å². The van der Waals surface area contributed by atoms with Crippen LogP contribution in [0.1, 0.15) is 26.0 Å². The fourth-order valence-electron chi connectivity index (χ4n) is 2.99. The van der Waals surface area contributed by atoms with Gasteiger partial charge in [0.2, 0.25) is 0 Å². The molecule has 0 N–H and O–H groups in total. The van der Waals surface area contributed by atoms with Gasteiger partial charge in [-0.25, -0.2) is 9.37 Å². The summed E-state index contributed by atoms with van der Waals surface area (Å²) in [5, 5.41) is 0.884. The third kappa shape index (κ3) is 3.07. The number of fused-ring (bicyclic) bond motifs is 1. The maximum atomic E-state index is 14.0. The molecule has 1 fully saturated rings. The molecule has 4 heteroatoms. The summed E-state index contributed by atoms with van der Waals surface area (Å²) in [7, 11) is 0. The Morgan fingerprint density at radius 3 is 3.00 bits per heavy atom. The summed E-state index contributed by atoms with van der Waals surface area (Å²) in [4.78, 5) is 6.65. The van der Waals surface area contributed by atoms with Crippen LogP contribution in [0.25, 0.3) is 10.9 Å². The van der Waals surface area contributed by atoms with Crippen LogP contribution in [-0.4, -0.2) is 30.8 Å². The minimum absolute atomic E-state index is 0.255. The van der Waals surface area contributed by atoms with Crippen LogP contribution in [0.5, 0.6) is 0 Å². The molecule has 3 nitrogen and oxygen atoms in total. The highest BCUT2D eigenvalue weighted by Crippen LogP contribution is 2.31. The molecule has 0 radical (unpaired) electrons. The maximum Gasteiger partial charge on any atom is 0.149 e. The lowest BCUT2D eigenvalue weighted by Gasteiger charge is -2.21. The Labute approximate surface area is 131 Å². The van der Waals surface area contributed by atoms with Crippen molar-refractivity contribution in [1.29, 1.82) is 0 Å². The number of aryl methyl sites for hydroxylation is 1. The van der Waals surface area contributed by atoms with Crippen molar-refractivity contribution < 1.29 is 9.13 Å². The van der Waals surface area contributed by atoms with Gasteiger partial charge in [0.25, 0.3) is 0 Å². The Morgan fingerprint density at radius 1 is 1.41 bits per heavy atom. The Hall–Kier alpha value is -1.68. The molecule has 22 heavy (non-hydrogen) atoms. The lowest BCUT2D eigenvalue weighted by atomic mass is 10.1. The van der Waals surface area contributed by atoms with E-state index in [9.17, 15) is 4.39 Å². The van der Waals surface area contributed by atoms with Gasteiger partial charge in [0.1, 0.15) is 11.3 Å². The highest BCUT2D eigenvalue weighted by atomic mass is 19.1. The van der Waals surface area contributed by atoms with E-state index in [2.05, 4.69) is 23.7 Å². The molecular formula is C18H23FN2O. The number of para-hydroxylation sites is 1. The number of aromatic nitrogens is 1. The quantitative estimate of drug-likeness (QED) is 0.855. The normalized spacial score (nSPS) is 18.6. The van der Waals surface area contributed by atoms with E-state index in [0.717, 1.165) is 42.9 Å². The summed E-state index contributed by atoms with van der Waals surface area (Å²) in [5.41, 5.74) is 2.38. The summed E-state index contributed by atoms with van der Waals surface area (Å²) in [6, 6.07) is 7.22. The van der Waals surface area contributed by atoms with Crippen LogP contribution in [0.3, 0.4) is 0 Å². The second-order valence-electron chi connectivity index (χ2n) is 6.50. The van der Waals surface area contributed by atoms with Crippen molar-refractivity contribution in [3.05, 3.63) is 35.8 Å². The third-order valence-corrected chi connectivity index (χ3v) is 4.05. The number of anilines is 1. The van der Waals surface area contributed by atoms with Crippen LogP contribution in [0, 0.1) is 18.7 Å². The van der Waals surface area contributed by atoms with Gasteiger partial charge >= 0.3 is 0 Å². The summed E-state index contributed by atoms with van der Waals surface area (Å²) >= 11 is 0. The number of hydrogen-bond acceptors (Lipinski definition) is 3. The van der Waals surface area contributed by atoms with Gasteiger partial charge in [-0.2, -0.15) is 0 Å². The standard InChI is InChI=1S/C18H23FN2O/c1-12(2)11-22-14-7-8-21(10-14)17-9-13(3)20-18-15(17)5-4-6-16(18)19/h4-6,9,12,14H,7-8,10-11H2,1-3H3. The van der Waals surface area contributed by atoms with Crippen LogP contribution in [0.15, 0.2) is 24.3 Å². The van der Waals surface area contributed by atoms with E-state index in [1.807, 2.05) is 19.1 Å². The van der Waals surface area contributed by atoms with Crippen LogP contribution >= 0.6 is 0 Å². The molecule has 0 aliphatic carbocycles. The van der Waals surface area contributed by atoms with Crippen molar-refractivity contribution in [1.82, 2.24) is 4.98 Å². The molecule has 1 aromatic heterocycles. The molecule has 0 saturated carbocycles. The first kappa shape index (κ1) is 15.2. The molecule has 0 spiro atoms. The fraction of sp³-hybridized carbons (Fsp3) is 0.500. The van der Waals surface area contributed by atoms with Gasteiger partial charge in [-0.15, -0.1) is 0 Å². The first-order chi connectivity index (χ1) is 10.5. The first-order valence-corrected chi connectivity index (χ1v) is 7.97. The third-order valence-electron chi connectivity index (χ3n) is 4.05. The molecule has 1 unspecified atom stereocenters. The van der Waals surface area contributed by atoms with E-state index >= 15 is 0 Å². The average molecular weight is 302 g/mol. The molecule has 1 aliphatic rings. The second-order valence-corrected chi connectivity index (χ2v) is 6.50. The second kappa shape index (κ2) is 6.21. The smallest absolute Gasteiger partial charge is 0.149 e. The van der Waals surface area contributed by atoms with Crippen molar-refractivity contribution in [2.24, 2.45) is 5.92 Å². The van der Waals surface area contributed by atoms with Crippen molar-refractivity contribution in [2.45, 2.75) is 33.3 Å².